The number of rotatable bonds is 8. The van der Waals surface area contributed by atoms with Gasteiger partial charge >= 0.3 is 0 Å². The van der Waals surface area contributed by atoms with E-state index in [9.17, 15) is 9.59 Å². The Labute approximate surface area is 208 Å². The molecule has 3 N–H and O–H groups in total. The number of hydrogen-bond donors (Lipinski definition) is 3. The van der Waals surface area contributed by atoms with Crippen molar-refractivity contribution in [3.05, 3.63) is 68.4 Å². The van der Waals surface area contributed by atoms with Crippen molar-refractivity contribution in [2.45, 2.75) is 25.0 Å². The van der Waals surface area contributed by atoms with Gasteiger partial charge in [0.15, 0.2) is 0 Å². The fourth-order valence-corrected chi connectivity index (χ4v) is 4.13. The van der Waals surface area contributed by atoms with E-state index >= 15 is 0 Å². The van der Waals surface area contributed by atoms with Crippen LogP contribution in [0.25, 0.3) is 0 Å². The van der Waals surface area contributed by atoms with Gasteiger partial charge in [0.25, 0.3) is 5.91 Å². The van der Waals surface area contributed by atoms with E-state index in [0.717, 1.165) is 4.47 Å². The number of nitrogens with one attached hydrogen (secondary N) is 3. The minimum atomic E-state index is -0.423. The van der Waals surface area contributed by atoms with Crippen LogP contribution in [0.5, 0.6) is 0 Å². The lowest BCUT2D eigenvalue weighted by Gasteiger charge is -2.20. The third-order valence-electron chi connectivity index (χ3n) is 4.37. The van der Waals surface area contributed by atoms with Gasteiger partial charge in [-0.2, -0.15) is 0 Å². The molecule has 0 aliphatic carbocycles. The highest BCUT2D eigenvalue weighted by molar-refractivity contribution is 9.10. The van der Waals surface area contributed by atoms with Crippen LogP contribution in [-0.4, -0.2) is 32.7 Å². The molecule has 1 atom stereocenters. The fourth-order valence-electron chi connectivity index (χ4n) is 2.77. The zero-order valence-electron chi connectivity index (χ0n) is 17.2. The topological polar surface area (TPSA) is 99.8 Å². The number of nitrogens with zero attached hydrogens (tertiary/aromatic N) is 2. The Morgan fingerprint density at radius 2 is 1.88 bits per heavy atom. The van der Waals surface area contributed by atoms with E-state index in [-0.39, 0.29) is 28.5 Å². The molecule has 11 heteroatoms. The molecule has 0 aliphatic rings. The lowest BCUT2D eigenvalue weighted by atomic mass is 10.0. The Bertz CT molecular complexity index is 1110. The van der Waals surface area contributed by atoms with E-state index in [0.29, 0.717) is 27.3 Å². The van der Waals surface area contributed by atoms with Gasteiger partial charge in [0, 0.05) is 15.2 Å². The Balaban J connectivity index is 1.61. The molecule has 3 rings (SSSR count). The minimum Gasteiger partial charge on any atom is -0.342 e. The molecule has 7 nitrogen and oxygen atoms in total. The second-order valence-corrected chi connectivity index (χ2v) is 9.87. The highest BCUT2D eigenvalue weighted by Crippen LogP contribution is 2.25. The van der Waals surface area contributed by atoms with Crippen LogP contribution in [0.1, 0.15) is 36.1 Å². The summed E-state index contributed by atoms with van der Waals surface area (Å²) >= 11 is 16.6. The molecule has 0 spiro atoms. The summed E-state index contributed by atoms with van der Waals surface area (Å²) in [4.78, 5) is 29.4. The largest absolute Gasteiger partial charge is 0.342 e. The molecule has 0 saturated carbocycles. The van der Waals surface area contributed by atoms with Crippen LogP contribution < -0.4 is 10.6 Å². The third-order valence-corrected chi connectivity index (χ3v) is 6.29. The molecule has 1 heterocycles. The summed E-state index contributed by atoms with van der Waals surface area (Å²) in [6, 6.07) is 11.6. The SMILES string of the molecule is CC(C)[C@H](NC(=O)c1ccc(Cl)cc1Cl)c1nc(SCC(=O)Nc2ccc(Br)cc2)n[nH]1. The van der Waals surface area contributed by atoms with Gasteiger partial charge in [-0.3, -0.25) is 14.7 Å². The number of aromatic amines is 1. The van der Waals surface area contributed by atoms with Gasteiger partial charge in [0.2, 0.25) is 11.1 Å². The Kier molecular flexibility index (Phi) is 8.58. The van der Waals surface area contributed by atoms with Crippen molar-refractivity contribution in [1.29, 1.82) is 0 Å². The van der Waals surface area contributed by atoms with Crippen molar-refractivity contribution < 1.29 is 9.59 Å². The van der Waals surface area contributed by atoms with E-state index < -0.39 is 6.04 Å². The maximum atomic E-state index is 12.7. The highest BCUT2D eigenvalue weighted by Gasteiger charge is 2.24. The summed E-state index contributed by atoms with van der Waals surface area (Å²) in [6.07, 6.45) is 0. The van der Waals surface area contributed by atoms with E-state index in [4.69, 9.17) is 23.2 Å². The van der Waals surface area contributed by atoms with Crippen molar-refractivity contribution in [3.8, 4) is 0 Å². The molecule has 3 aromatic rings. The lowest BCUT2D eigenvalue weighted by molar-refractivity contribution is -0.113. The smallest absolute Gasteiger partial charge is 0.253 e. The second-order valence-electron chi connectivity index (χ2n) is 7.17. The third kappa shape index (κ3) is 6.71. The molecule has 168 valence electrons. The van der Waals surface area contributed by atoms with E-state index in [1.54, 1.807) is 24.3 Å². The van der Waals surface area contributed by atoms with E-state index in [1.807, 2.05) is 26.0 Å². The maximum absolute atomic E-state index is 12.7. The van der Waals surface area contributed by atoms with Gasteiger partial charge in [-0.05, 0) is 48.4 Å². The van der Waals surface area contributed by atoms with Crippen LogP contribution in [-0.2, 0) is 4.79 Å². The molecular weight excluding hydrogens is 537 g/mol. The second kappa shape index (κ2) is 11.2. The number of carbonyl (C=O) groups excluding carboxylic acids is 2. The molecule has 0 fully saturated rings. The van der Waals surface area contributed by atoms with Crippen LogP contribution in [0.15, 0.2) is 52.1 Å². The van der Waals surface area contributed by atoms with Crippen molar-refractivity contribution in [2.75, 3.05) is 11.1 Å². The molecule has 0 unspecified atom stereocenters. The Hall–Kier alpha value is -2.07. The van der Waals surface area contributed by atoms with Gasteiger partial charge in [0.1, 0.15) is 5.82 Å². The van der Waals surface area contributed by atoms with Gasteiger partial charge < -0.3 is 10.6 Å². The normalized spacial score (nSPS) is 11.9. The highest BCUT2D eigenvalue weighted by atomic mass is 79.9. The van der Waals surface area contributed by atoms with E-state index in [1.165, 1.54) is 17.8 Å². The van der Waals surface area contributed by atoms with Crippen LogP contribution in [0.2, 0.25) is 10.0 Å². The molecule has 32 heavy (non-hydrogen) atoms. The van der Waals surface area contributed by atoms with Crippen molar-refractivity contribution >= 4 is 68.4 Å². The molecule has 0 bridgehead atoms. The minimum absolute atomic E-state index is 0.0246. The van der Waals surface area contributed by atoms with Crippen LogP contribution in [0.4, 0.5) is 5.69 Å². The molecule has 0 radical (unpaired) electrons. The monoisotopic (exact) mass is 555 g/mol. The average molecular weight is 557 g/mol. The number of amides is 2. The number of H-pyrrole nitrogens is 1. The quantitative estimate of drug-likeness (QED) is 0.307. The van der Waals surface area contributed by atoms with Crippen molar-refractivity contribution in [1.82, 2.24) is 20.5 Å². The summed E-state index contributed by atoms with van der Waals surface area (Å²) in [5.74, 6) is 0.150. The fraction of sp³-hybridized carbons (Fsp3) is 0.238. The molecule has 2 amide bonds. The number of hydrogen-bond acceptors (Lipinski definition) is 5. The Morgan fingerprint density at radius 3 is 2.53 bits per heavy atom. The first-order valence-electron chi connectivity index (χ1n) is 9.59. The predicted octanol–water partition coefficient (Wildman–Crippen LogP) is 5.73. The zero-order valence-corrected chi connectivity index (χ0v) is 21.1. The maximum Gasteiger partial charge on any atom is 0.253 e. The van der Waals surface area contributed by atoms with Crippen molar-refractivity contribution in [3.63, 3.8) is 0 Å². The standard InChI is InChI=1S/C21H20BrCl2N5O2S/c1-11(2)18(26-20(31)15-8-5-13(23)9-16(15)24)19-27-21(29-28-19)32-10-17(30)25-14-6-3-12(22)4-7-14/h3-9,11,18H,10H2,1-2H3,(H,25,30)(H,26,31)(H,27,28,29)/t18-/m0/s1. The summed E-state index contributed by atoms with van der Waals surface area (Å²) in [5, 5.41) is 13.9. The average Bonchev–Trinajstić information content (AvgIpc) is 3.20. The summed E-state index contributed by atoms with van der Waals surface area (Å²) in [7, 11) is 0. The van der Waals surface area contributed by atoms with Crippen LogP contribution >= 0.6 is 50.9 Å². The molecule has 0 aliphatic heterocycles. The summed E-state index contributed by atoms with van der Waals surface area (Å²) < 4.78 is 0.934. The van der Waals surface area contributed by atoms with Gasteiger partial charge in [-0.25, -0.2) is 4.98 Å². The Morgan fingerprint density at radius 1 is 1.16 bits per heavy atom. The number of halogens is 3. The van der Waals surface area contributed by atoms with Crippen LogP contribution in [0.3, 0.4) is 0 Å². The predicted molar refractivity (Wildman–Crippen MR) is 131 cm³/mol. The summed E-state index contributed by atoms with van der Waals surface area (Å²) in [6.45, 7) is 3.91. The molecule has 1 aromatic heterocycles. The number of aromatic nitrogens is 3. The van der Waals surface area contributed by atoms with Gasteiger partial charge in [-0.15, -0.1) is 5.10 Å². The number of carbonyl (C=O) groups is 2. The zero-order chi connectivity index (χ0) is 23.3. The number of benzene rings is 2. The van der Waals surface area contributed by atoms with Crippen LogP contribution in [0, 0.1) is 5.92 Å². The molecule has 0 saturated heterocycles. The first-order valence-corrected chi connectivity index (χ1v) is 12.1. The van der Waals surface area contributed by atoms with Gasteiger partial charge in [-0.1, -0.05) is 64.7 Å². The number of thioether (sulfide) groups is 1. The molecular formula is C21H20BrCl2N5O2S. The number of anilines is 1. The van der Waals surface area contributed by atoms with Crippen molar-refractivity contribution in [2.24, 2.45) is 5.92 Å². The summed E-state index contributed by atoms with van der Waals surface area (Å²) in [5.41, 5.74) is 1.03. The van der Waals surface area contributed by atoms with E-state index in [2.05, 4.69) is 41.7 Å². The first-order chi connectivity index (χ1) is 15.2. The first kappa shape index (κ1) is 24.6. The lowest BCUT2D eigenvalue weighted by Crippen LogP contribution is -2.32. The van der Waals surface area contributed by atoms with Gasteiger partial charge in [0.05, 0.1) is 22.4 Å². The molecule has 2 aromatic carbocycles.